The van der Waals surface area contributed by atoms with Crippen molar-refractivity contribution in [1.29, 1.82) is 0 Å². The average Bonchev–Trinajstić information content (AvgIpc) is 2.71. The monoisotopic (exact) mass is 275 g/mol. The molecule has 0 aliphatic rings. The van der Waals surface area contributed by atoms with E-state index in [2.05, 4.69) is 4.72 Å². The second-order valence-corrected chi connectivity index (χ2v) is 5.66. The van der Waals surface area contributed by atoms with Gasteiger partial charge in [-0.3, -0.25) is 4.79 Å². The molecule has 0 aliphatic carbocycles. The molecule has 0 saturated heterocycles. The third-order valence-electron chi connectivity index (χ3n) is 2.42. The Hall–Kier alpha value is -1.34. The predicted molar refractivity (Wildman–Crippen MR) is 64.7 cm³/mol. The van der Waals surface area contributed by atoms with Crippen LogP contribution in [0.1, 0.15) is 31.9 Å². The normalized spacial score (nSPS) is 13.4. The van der Waals surface area contributed by atoms with Gasteiger partial charge in [-0.2, -0.15) is 4.72 Å². The fourth-order valence-electron chi connectivity index (χ4n) is 1.44. The maximum Gasteiger partial charge on any atom is 0.321 e. The Bertz CT molecular complexity index is 505. The quantitative estimate of drug-likeness (QED) is 0.786. The number of hydrogen-bond acceptors (Lipinski definition) is 4. The summed E-state index contributed by atoms with van der Waals surface area (Å²) in [5.74, 6) is -0.730. The smallest absolute Gasteiger partial charge is 0.321 e. The molecule has 0 spiro atoms. The molecule has 0 fully saturated rings. The fourth-order valence-corrected chi connectivity index (χ4v) is 2.64. The lowest BCUT2D eigenvalue weighted by molar-refractivity contribution is -0.139. The Labute approximate surface area is 106 Å². The number of hydrogen-bond donors (Lipinski definition) is 2. The van der Waals surface area contributed by atoms with Gasteiger partial charge >= 0.3 is 5.97 Å². The summed E-state index contributed by atoms with van der Waals surface area (Å²) < 4.78 is 30.8. The van der Waals surface area contributed by atoms with E-state index in [0.29, 0.717) is 12.2 Å². The Kier molecular flexibility index (Phi) is 4.92. The Morgan fingerprint density at radius 2 is 2.17 bits per heavy atom. The third-order valence-corrected chi connectivity index (χ3v) is 3.77. The van der Waals surface area contributed by atoms with Crippen molar-refractivity contribution in [3.05, 3.63) is 17.9 Å². The van der Waals surface area contributed by atoms with E-state index in [1.165, 1.54) is 12.1 Å². The number of sulfonamides is 1. The molecule has 0 aliphatic heterocycles. The van der Waals surface area contributed by atoms with Gasteiger partial charge in [0.2, 0.25) is 5.09 Å². The highest BCUT2D eigenvalue weighted by atomic mass is 32.2. The first kappa shape index (κ1) is 14.7. The molecule has 2 N–H and O–H groups in total. The zero-order valence-electron chi connectivity index (χ0n) is 10.3. The second-order valence-electron chi connectivity index (χ2n) is 4.02. The van der Waals surface area contributed by atoms with Gasteiger partial charge in [0, 0.05) is 0 Å². The lowest BCUT2D eigenvalue weighted by Crippen LogP contribution is -2.40. The average molecular weight is 275 g/mol. The standard InChI is InChI=1S/C11H17NO5S/c1-3-4-5-9(11(13)14)12-18(15,16)10-7-6-8(2)17-10/h6-7,9,12H,3-5H2,1-2H3,(H,13,14)/t9-/m0/s1. The van der Waals surface area contributed by atoms with Crippen LogP contribution in [0.25, 0.3) is 0 Å². The number of nitrogens with one attached hydrogen (secondary N) is 1. The summed E-state index contributed by atoms with van der Waals surface area (Å²) in [5, 5.41) is 8.70. The first-order valence-corrected chi connectivity index (χ1v) is 7.16. The van der Waals surface area contributed by atoms with Crippen LogP contribution in [0.4, 0.5) is 0 Å². The largest absolute Gasteiger partial charge is 0.480 e. The van der Waals surface area contributed by atoms with E-state index < -0.39 is 22.0 Å². The lowest BCUT2D eigenvalue weighted by Gasteiger charge is -2.12. The van der Waals surface area contributed by atoms with E-state index in [1.807, 2.05) is 6.92 Å². The number of aliphatic carboxylic acids is 1. The molecule has 0 saturated carbocycles. The molecule has 1 aromatic heterocycles. The first-order valence-electron chi connectivity index (χ1n) is 5.68. The molecule has 0 amide bonds. The van der Waals surface area contributed by atoms with Crippen LogP contribution >= 0.6 is 0 Å². The topological polar surface area (TPSA) is 96.6 Å². The van der Waals surface area contributed by atoms with Crippen molar-refractivity contribution >= 4 is 16.0 Å². The summed E-state index contributed by atoms with van der Waals surface area (Å²) in [7, 11) is -3.91. The number of carboxylic acid groups (broad SMARTS) is 1. The van der Waals surface area contributed by atoms with Crippen molar-refractivity contribution in [2.45, 2.75) is 44.2 Å². The molecule has 1 rings (SSSR count). The molecule has 0 radical (unpaired) electrons. The molecule has 102 valence electrons. The SMILES string of the molecule is CCCC[C@H](NS(=O)(=O)c1ccc(C)o1)C(=O)O. The maximum atomic E-state index is 11.9. The molecule has 1 aromatic rings. The minimum atomic E-state index is -3.91. The highest BCUT2D eigenvalue weighted by Gasteiger charge is 2.26. The summed E-state index contributed by atoms with van der Waals surface area (Å²) in [6.07, 6.45) is 1.69. The summed E-state index contributed by atoms with van der Waals surface area (Å²) in [6.45, 7) is 3.52. The van der Waals surface area contributed by atoms with E-state index in [-0.39, 0.29) is 11.5 Å². The van der Waals surface area contributed by atoms with Gasteiger partial charge in [-0.05, 0) is 25.5 Å². The minimum Gasteiger partial charge on any atom is -0.480 e. The van der Waals surface area contributed by atoms with Crippen LogP contribution in [0.5, 0.6) is 0 Å². The van der Waals surface area contributed by atoms with Crippen LogP contribution in [0.15, 0.2) is 21.6 Å². The van der Waals surface area contributed by atoms with Crippen molar-refractivity contribution in [1.82, 2.24) is 4.72 Å². The van der Waals surface area contributed by atoms with Gasteiger partial charge in [-0.15, -0.1) is 0 Å². The van der Waals surface area contributed by atoms with Crippen LogP contribution in [0, 0.1) is 6.92 Å². The zero-order valence-corrected chi connectivity index (χ0v) is 11.2. The highest BCUT2D eigenvalue weighted by molar-refractivity contribution is 7.89. The molecule has 6 nitrogen and oxygen atoms in total. The van der Waals surface area contributed by atoms with Gasteiger partial charge < -0.3 is 9.52 Å². The molecular weight excluding hydrogens is 258 g/mol. The van der Waals surface area contributed by atoms with Gasteiger partial charge in [0.1, 0.15) is 11.8 Å². The number of carbonyl (C=O) groups is 1. The molecule has 1 atom stereocenters. The van der Waals surface area contributed by atoms with E-state index in [0.717, 1.165) is 6.42 Å². The number of furan rings is 1. The van der Waals surface area contributed by atoms with Crippen LogP contribution in [-0.4, -0.2) is 25.5 Å². The van der Waals surface area contributed by atoms with Crippen LogP contribution in [0.3, 0.4) is 0 Å². The molecule has 0 aromatic carbocycles. The molecule has 1 heterocycles. The first-order chi connectivity index (χ1) is 8.36. The van der Waals surface area contributed by atoms with Gasteiger partial charge in [-0.25, -0.2) is 8.42 Å². The minimum absolute atomic E-state index is 0.255. The van der Waals surface area contributed by atoms with Crippen molar-refractivity contribution in [2.24, 2.45) is 0 Å². The summed E-state index contributed by atoms with van der Waals surface area (Å²) in [4.78, 5) is 11.0. The highest BCUT2D eigenvalue weighted by Crippen LogP contribution is 2.14. The molecule has 0 unspecified atom stereocenters. The Morgan fingerprint density at radius 1 is 1.50 bits per heavy atom. The summed E-state index contributed by atoms with van der Waals surface area (Å²) >= 11 is 0. The van der Waals surface area contributed by atoms with E-state index in [1.54, 1.807) is 6.92 Å². The molecule has 7 heteroatoms. The van der Waals surface area contributed by atoms with E-state index in [9.17, 15) is 13.2 Å². The van der Waals surface area contributed by atoms with Gasteiger partial charge in [0.05, 0.1) is 0 Å². The summed E-state index contributed by atoms with van der Waals surface area (Å²) in [5.41, 5.74) is 0. The van der Waals surface area contributed by atoms with Crippen LogP contribution < -0.4 is 4.72 Å². The fraction of sp³-hybridized carbons (Fsp3) is 0.545. The third kappa shape index (κ3) is 3.85. The zero-order chi connectivity index (χ0) is 13.8. The number of carboxylic acids is 1. The van der Waals surface area contributed by atoms with Crippen molar-refractivity contribution in [2.75, 3.05) is 0 Å². The lowest BCUT2D eigenvalue weighted by atomic mass is 10.1. The Balaban J connectivity index is 2.82. The number of aryl methyl sites for hydroxylation is 1. The van der Waals surface area contributed by atoms with Crippen molar-refractivity contribution in [3.63, 3.8) is 0 Å². The van der Waals surface area contributed by atoms with Gasteiger partial charge in [-0.1, -0.05) is 19.8 Å². The Morgan fingerprint density at radius 3 is 2.61 bits per heavy atom. The van der Waals surface area contributed by atoms with E-state index >= 15 is 0 Å². The van der Waals surface area contributed by atoms with Crippen LogP contribution in [-0.2, 0) is 14.8 Å². The molecule has 18 heavy (non-hydrogen) atoms. The van der Waals surface area contributed by atoms with Crippen molar-refractivity contribution in [3.8, 4) is 0 Å². The summed E-state index contributed by atoms with van der Waals surface area (Å²) in [6, 6.07) is 1.69. The van der Waals surface area contributed by atoms with Gasteiger partial charge in [0.25, 0.3) is 10.0 Å². The maximum absolute atomic E-state index is 11.9. The van der Waals surface area contributed by atoms with E-state index in [4.69, 9.17) is 9.52 Å². The number of unbranched alkanes of at least 4 members (excludes halogenated alkanes) is 1. The second kappa shape index (κ2) is 6.01. The molecule has 0 bridgehead atoms. The predicted octanol–water partition coefficient (Wildman–Crippen LogP) is 1.51. The molecular formula is C11H17NO5S. The van der Waals surface area contributed by atoms with Crippen LogP contribution in [0.2, 0.25) is 0 Å². The van der Waals surface area contributed by atoms with Crippen molar-refractivity contribution < 1.29 is 22.7 Å². The van der Waals surface area contributed by atoms with Gasteiger partial charge in [0.15, 0.2) is 0 Å². The number of rotatable bonds is 7.